The lowest BCUT2D eigenvalue weighted by Crippen LogP contribution is -2.26. The summed E-state index contributed by atoms with van der Waals surface area (Å²) in [5.41, 5.74) is 0.473. The Morgan fingerprint density at radius 1 is 1.50 bits per heavy atom. The number of hydrogen-bond acceptors (Lipinski definition) is 3. The predicted molar refractivity (Wildman–Crippen MR) is 57.4 cm³/mol. The first-order chi connectivity index (χ1) is 7.52. The first-order valence-corrected chi connectivity index (χ1v) is 5.09. The number of carbonyl (C=O) groups is 2. The summed E-state index contributed by atoms with van der Waals surface area (Å²) in [7, 11) is 0. The predicted octanol–water partition coefficient (Wildman–Crippen LogP) is 1.61. The summed E-state index contributed by atoms with van der Waals surface area (Å²) in [6.45, 7) is 3.97. The van der Waals surface area contributed by atoms with Crippen LogP contribution in [0.1, 0.15) is 42.3 Å². The fourth-order valence-corrected chi connectivity index (χ4v) is 1.33. The highest BCUT2D eigenvalue weighted by atomic mass is 16.4. The van der Waals surface area contributed by atoms with Crippen LogP contribution in [0.4, 0.5) is 0 Å². The van der Waals surface area contributed by atoms with Gasteiger partial charge >= 0.3 is 5.97 Å². The summed E-state index contributed by atoms with van der Waals surface area (Å²) in [6, 6.07) is 1.59. The van der Waals surface area contributed by atoms with Gasteiger partial charge in [-0.15, -0.1) is 0 Å². The molecule has 0 atom stereocenters. The Hall–Kier alpha value is -1.78. The van der Waals surface area contributed by atoms with Gasteiger partial charge < -0.3 is 14.8 Å². The molecule has 0 unspecified atom stereocenters. The number of hydrogen-bond donors (Lipinski definition) is 2. The maximum Gasteiger partial charge on any atom is 0.305 e. The van der Waals surface area contributed by atoms with Crippen LogP contribution >= 0.6 is 0 Å². The SMILES string of the molecule is CC(C)c1occc1C(=O)NCCC(=O)O. The van der Waals surface area contributed by atoms with E-state index in [1.807, 2.05) is 13.8 Å². The van der Waals surface area contributed by atoms with Crippen molar-refractivity contribution in [3.63, 3.8) is 0 Å². The van der Waals surface area contributed by atoms with Gasteiger partial charge in [-0.1, -0.05) is 13.8 Å². The van der Waals surface area contributed by atoms with Crippen molar-refractivity contribution in [1.29, 1.82) is 0 Å². The van der Waals surface area contributed by atoms with Gasteiger partial charge in [-0.25, -0.2) is 0 Å². The molecule has 5 nitrogen and oxygen atoms in total. The largest absolute Gasteiger partial charge is 0.481 e. The second-order valence-corrected chi connectivity index (χ2v) is 3.75. The Morgan fingerprint density at radius 3 is 2.75 bits per heavy atom. The van der Waals surface area contributed by atoms with Crippen LogP contribution in [0.3, 0.4) is 0 Å². The molecule has 0 bridgehead atoms. The van der Waals surface area contributed by atoms with Gasteiger partial charge in [-0.3, -0.25) is 9.59 Å². The quantitative estimate of drug-likeness (QED) is 0.797. The van der Waals surface area contributed by atoms with E-state index in [-0.39, 0.29) is 24.8 Å². The van der Waals surface area contributed by atoms with Gasteiger partial charge in [0.25, 0.3) is 5.91 Å². The molecule has 1 aromatic heterocycles. The molecule has 0 radical (unpaired) electrons. The van der Waals surface area contributed by atoms with Crippen molar-refractivity contribution >= 4 is 11.9 Å². The molecule has 0 spiro atoms. The van der Waals surface area contributed by atoms with E-state index in [0.29, 0.717) is 11.3 Å². The third kappa shape index (κ3) is 3.12. The molecule has 1 amide bonds. The molecule has 88 valence electrons. The lowest BCUT2D eigenvalue weighted by atomic mass is 10.1. The third-order valence-corrected chi connectivity index (χ3v) is 2.09. The van der Waals surface area contributed by atoms with E-state index in [1.165, 1.54) is 6.26 Å². The number of carboxylic acid groups (broad SMARTS) is 1. The summed E-state index contributed by atoms with van der Waals surface area (Å²) >= 11 is 0. The zero-order valence-corrected chi connectivity index (χ0v) is 9.32. The van der Waals surface area contributed by atoms with E-state index in [2.05, 4.69) is 5.32 Å². The number of aliphatic carboxylic acids is 1. The van der Waals surface area contributed by atoms with Crippen LogP contribution in [-0.2, 0) is 4.79 Å². The number of furan rings is 1. The summed E-state index contributed by atoms with van der Waals surface area (Å²) in [4.78, 5) is 21.9. The molecule has 0 aliphatic carbocycles. The molecule has 0 aromatic carbocycles. The highest BCUT2D eigenvalue weighted by Gasteiger charge is 2.16. The number of nitrogens with one attached hydrogen (secondary N) is 1. The van der Waals surface area contributed by atoms with E-state index in [0.717, 1.165) is 0 Å². The van der Waals surface area contributed by atoms with Gasteiger partial charge in [0.1, 0.15) is 5.76 Å². The summed E-state index contributed by atoms with van der Waals surface area (Å²) in [5.74, 6) is -0.488. The van der Waals surface area contributed by atoms with Crippen molar-refractivity contribution in [3.8, 4) is 0 Å². The molecule has 2 N–H and O–H groups in total. The van der Waals surface area contributed by atoms with Gasteiger partial charge in [0.05, 0.1) is 18.2 Å². The molecule has 0 aliphatic rings. The Bertz CT molecular complexity index is 381. The Morgan fingerprint density at radius 2 is 2.19 bits per heavy atom. The maximum atomic E-state index is 11.6. The first-order valence-electron chi connectivity index (χ1n) is 5.09. The second kappa shape index (κ2) is 5.34. The molecule has 1 heterocycles. The van der Waals surface area contributed by atoms with Crippen molar-refractivity contribution in [2.45, 2.75) is 26.2 Å². The summed E-state index contributed by atoms with van der Waals surface area (Å²) in [5, 5.41) is 11.0. The molecule has 16 heavy (non-hydrogen) atoms. The zero-order valence-electron chi connectivity index (χ0n) is 9.32. The van der Waals surface area contributed by atoms with E-state index in [4.69, 9.17) is 9.52 Å². The zero-order chi connectivity index (χ0) is 12.1. The van der Waals surface area contributed by atoms with Gasteiger partial charge in [-0.2, -0.15) is 0 Å². The monoisotopic (exact) mass is 225 g/mol. The van der Waals surface area contributed by atoms with E-state index in [9.17, 15) is 9.59 Å². The van der Waals surface area contributed by atoms with Crippen LogP contribution in [0.2, 0.25) is 0 Å². The molecule has 1 aromatic rings. The maximum absolute atomic E-state index is 11.6. The minimum Gasteiger partial charge on any atom is -0.481 e. The normalized spacial score (nSPS) is 10.4. The van der Waals surface area contributed by atoms with Crippen molar-refractivity contribution in [2.75, 3.05) is 6.54 Å². The Balaban J connectivity index is 2.59. The van der Waals surface area contributed by atoms with Crippen LogP contribution in [0.25, 0.3) is 0 Å². The van der Waals surface area contributed by atoms with Gasteiger partial charge in [0, 0.05) is 12.5 Å². The minimum atomic E-state index is -0.934. The number of carboxylic acids is 1. The smallest absolute Gasteiger partial charge is 0.305 e. The highest BCUT2D eigenvalue weighted by molar-refractivity contribution is 5.95. The van der Waals surface area contributed by atoms with Crippen molar-refractivity contribution in [1.82, 2.24) is 5.32 Å². The van der Waals surface area contributed by atoms with Crippen LogP contribution in [-0.4, -0.2) is 23.5 Å². The average molecular weight is 225 g/mol. The van der Waals surface area contributed by atoms with Crippen LogP contribution in [0, 0.1) is 0 Å². The number of amides is 1. The summed E-state index contributed by atoms with van der Waals surface area (Å²) in [6.07, 6.45) is 1.38. The topological polar surface area (TPSA) is 79.5 Å². The Kier molecular flexibility index (Phi) is 4.10. The molecule has 5 heteroatoms. The molecular weight excluding hydrogens is 210 g/mol. The summed E-state index contributed by atoms with van der Waals surface area (Å²) < 4.78 is 5.20. The number of rotatable bonds is 5. The molecule has 1 rings (SSSR count). The molecule has 0 aliphatic heterocycles. The van der Waals surface area contributed by atoms with Crippen LogP contribution in [0.5, 0.6) is 0 Å². The van der Waals surface area contributed by atoms with Crippen molar-refractivity contribution in [2.24, 2.45) is 0 Å². The lowest BCUT2D eigenvalue weighted by molar-refractivity contribution is -0.136. The van der Waals surface area contributed by atoms with E-state index >= 15 is 0 Å². The molecule has 0 saturated heterocycles. The van der Waals surface area contributed by atoms with Crippen LogP contribution in [0.15, 0.2) is 16.7 Å². The highest BCUT2D eigenvalue weighted by Crippen LogP contribution is 2.20. The van der Waals surface area contributed by atoms with E-state index in [1.54, 1.807) is 6.07 Å². The number of carbonyl (C=O) groups excluding carboxylic acids is 1. The third-order valence-electron chi connectivity index (χ3n) is 2.09. The Labute approximate surface area is 93.4 Å². The minimum absolute atomic E-state index is 0.0827. The molecule has 0 fully saturated rings. The fourth-order valence-electron chi connectivity index (χ4n) is 1.33. The van der Waals surface area contributed by atoms with Gasteiger partial charge in [0.2, 0.25) is 0 Å². The molecular formula is C11H15NO4. The van der Waals surface area contributed by atoms with Gasteiger partial charge in [-0.05, 0) is 6.07 Å². The van der Waals surface area contributed by atoms with Crippen molar-refractivity contribution < 1.29 is 19.1 Å². The van der Waals surface area contributed by atoms with E-state index < -0.39 is 5.97 Å². The second-order valence-electron chi connectivity index (χ2n) is 3.75. The van der Waals surface area contributed by atoms with Crippen LogP contribution < -0.4 is 5.32 Å². The first kappa shape index (κ1) is 12.3. The standard InChI is InChI=1S/C11H15NO4/c1-7(2)10-8(4-6-16-10)11(15)12-5-3-9(13)14/h4,6-7H,3,5H2,1-2H3,(H,12,15)(H,13,14). The van der Waals surface area contributed by atoms with Gasteiger partial charge in [0.15, 0.2) is 0 Å². The fraction of sp³-hybridized carbons (Fsp3) is 0.455. The lowest BCUT2D eigenvalue weighted by Gasteiger charge is -2.05. The molecule has 0 saturated carbocycles. The van der Waals surface area contributed by atoms with Crippen molar-refractivity contribution in [3.05, 3.63) is 23.7 Å². The average Bonchev–Trinajstić information content (AvgIpc) is 2.65.